The Morgan fingerprint density at radius 3 is 3.00 bits per heavy atom. The van der Waals surface area contributed by atoms with Crippen LogP contribution in [0.4, 0.5) is 8.78 Å². The van der Waals surface area contributed by atoms with E-state index in [-0.39, 0.29) is 11.6 Å². The van der Waals surface area contributed by atoms with Crippen LogP contribution >= 0.6 is 0 Å². The molecule has 1 unspecified atom stereocenters. The lowest BCUT2D eigenvalue weighted by atomic mass is 10.2. The van der Waals surface area contributed by atoms with Crippen LogP contribution < -0.4 is 5.32 Å². The number of imidazole rings is 1. The van der Waals surface area contributed by atoms with Crippen molar-refractivity contribution in [1.82, 2.24) is 20.2 Å². The number of nitrogens with zero attached hydrogens (tertiary/aromatic N) is 2. The third kappa shape index (κ3) is 1.97. The number of nitrogens with one attached hydrogen (secondary N) is 2. The molecule has 0 amide bonds. The van der Waals surface area contributed by atoms with E-state index in [0.717, 1.165) is 25.7 Å². The molecule has 0 spiro atoms. The summed E-state index contributed by atoms with van der Waals surface area (Å²) in [5.41, 5.74) is 0.596. The molecule has 1 aliphatic heterocycles. The van der Waals surface area contributed by atoms with E-state index in [1.54, 1.807) is 0 Å². The zero-order chi connectivity index (χ0) is 12.7. The summed E-state index contributed by atoms with van der Waals surface area (Å²) < 4.78 is 26.7. The van der Waals surface area contributed by atoms with Crippen LogP contribution in [0.5, 0.6) is 0 Å². The molecular formula is C12H14F2N4. The topological polar surface area (TPSA) is 44.0 Å². The Labute approximate surface area is 103 Å². The number of H-pyrrole nitrogens is 1. The maximum Gasteiger partial charge on any atom is 0.153 e. The molecule has 1 saturated heterocycles. The van der Waals surface area contributed by atoms with Gasteiger partial charge in [0.05, 0.1) is 11.6 Å². The van der Waals surface area contributed by atoms with Gasteiger partial charge < -0.3 is 15.2 Å². The molecule has 18 heavy (non-hydrogen) atoms. The Morgan fingerprint density at radius 2 is 2.22 bits per heavy atom. The first-order chi connectivity index (χ1) is 8.63. The largest absolute Gasteiger partial charge is 0.340 e. The highest BCUT2D eigenvalue weighted by atomic mass is 19.1. The van der Waals surface area contributed by atoms with Crippen molar-refractivity contribution in [3.05, 3.63) is 29.6 Å². The molecule has 0 aliphatic carbocycles. The molecule has 1 aromatic heterocycles. The number of benzene rings is 1. The lowest BCUT2D eigenvalue weighted by Gasteiger charge is -2.29. The maximum atomic E-state index is 13.6. The number of aromatic nitrogens is 2. The number of aromatic amines is 1. The summed E-state index contributed by atoms with van der Waals surface area (Å²) in [4.78, 5) is 9.38. The van der Waals surface area contributed by atoms with Crippen LogP contribution in [-0.4, -0.2) is 41.5 Å². The fraction of sp³-hybridized carbons (Fsp3) is 0.417. The van der Waals surface area contributed by atoms with Gasteiger partial charge in [-0.1, -0.05) is 0 Å². The molecule has 1 atom stereocenters. The Morgan fingerprint density at radius 1 is 1.39 bits per heavy atom. The molecule has 4 nitrogen and oxygen atoms in total. The Bertz CT molecular complexity index is 581. The summed E-state index contributed by atoms with van der Waals surface area (Å²) >= 11 is 0. The molecule has 0 bridgehead atoms. The van der Waals surface area contributed by atoms with Gasteiger partial charge in [0, 0.05) is 25.7 Å². The predicted molar refractivity (Wildman–Crippen MR) is 64.3 cm³/mol. The molecule has 0 saturated carbocycles. The molecule has 0 radical (unpaired) electrons. The normalized spacial score (nSPS) is 21.6. The van der Waals surface area contributed by atoms with Crippen molar-refractivity contribution in [2.24, 2.45) is 0 Å². The molecule has 2 aromatic rings. The molecule has 1 aromatic carbocycles. The van der Waals surface area contributed by atoms with Crippen molar-refractivity contribution in [1.29, 1.82) is 0 Å². The quantitative estimate of drug-likeness (QED) is 0.806. The fourth-order valence-electron chi connectivity index (χ4n) is 2.31. The van der Waals surface area contributed by atoms with Gasteiger partial charge in [0.1, 0.15) is 17.2 Å². The minimum atomic E-state index is -0.628. The zero-order valence-electron chi connectivity index (χ0n) is 10.0. The minimum absolute atomic E-state index is 0.0265. The second-order valence-corrected chi connectivity index (χ2v) is 4.67. The zero-order valence-corrected chi connectivity index (χ0v) is 10.0. The summed E-state index contributed by atoms with van der Waals surface area (Å²) in [6.45, 7) is 2.62. The second kappa shape index (κ2) is 4.29. The SMILES string of the molecule is CN1CCNC(c2nc3c(F)cc(F)cc3[nH]2)C1. The highest BCUT2D eigenvalue weighted by Crippen LogP contribution is 2.21. The van der Waals surface area contributed by atoms with Gasteiger partial charge in [-0.25, -0.2) is 13.8 Å². The molecule has 1 aliphatic rings. The van der Waals surface area contributed by atoms with Gasteiger partial charge in [0.15, 0.2) is 5.82 Å². The number of likely N-dealkylation sites (N-methyl/N-ethyl adjacent to an activating group) is 1. The third-order valence-electron chi connectivity index (χ3n) is 3.23. The molecule has 1 fully saturated rings. The van der Waals surface area contributed by atoms with Gasteiger partial charge >= 0.3 is 0 Å². The van der Waals surface area contributed by atoms with Crippen LogP contribution in [0.3, 0.4) is 0 Å². The van der Waals surface area contributed by atoms with Crippen molar-refractivity contribution in [3.8, 4) is 0 Å². The summed E-state index contributed by atoms with van der Waals surface area (Å²) in [6.07, 6.45) is 0. The Hall–Kier alpha value is -1.53. The highest BCUT2D eigenvalue weighted by molar-refractivity contribution is 5.75. The van der Waals surface area contributed by atoms with Crippen LogP contribution in [0, 0.1) is 11.6 Å². The van der Waals surface area contributed by atoms with E-state index in [1.165, 1.54) is 6.07 Å². The van der Waals surface area contributed by atoms with Crippen molar-refractivity contribution < 1.29 is 8.78 Å². The minimum Gasteiger partial charge on any atom is -0.340 e. The van der Waals surface area contributed by atoms with Crippen LogP contribution in [0.2, 0.25) is 0 Å². The third-order valence-corrected chi connectivity index (χ3v) is 3.23. The van der Waals surface area contributed by atoms with Crippen molar-refractivity contribution in [3.63, 3.8) is 0 Å². The van der Waals surface area contributed by atoms with Gasteiger partial charge in [0.2, 0.25) is 0 Å². The molecule has 2 N–H and O–H groups in total. The van der Waals surface area contributed by atoms with E-state index in [2.05, 4.69) is 20.2 Å². The summed E-state index contributed by atoms with van der Waals surface area (Å²) in [7, 11) is 2.02. The first kappa shape index (κ1) is 11.6. The first-order valence-corrected chi connectivity index (χ1v) is 5.90. The van der Waals surface area contributed by atoms with E-state index in [0.29, 0.717) is 11.3 Å². The van der Waals surface area contributed by atoms with E-state index < -0.39 is 11.6 Å². The summed E-state index contributed by atoms with van der Waals surface area (Å²) in [5.74, 6) is -0.568. The van der Waals surface area contributed by atoms with E-state index in [1.807, 2.05) is 7.05 Å². The number of hydrogen-bond donors (Lipinski definition) is 2. The molecule has 2 heterocycles. The molecular weight excluding hydrogens is 238 g/mol. The number of rotatable bonds is 1. The van der Waals surface area contributed by atoms with Gasteiger partial charge in [-0.2, -0.15) is 0 Å². The van der Waals surface area contributed by atoms with E-state index in [4.69, 9.17) is 0 Å². The van der Waals surface area contributed by atoms with Crippen molar-refractivity contribution in [2.45, 2.75) is 6.04 Å². The molecule has 6 heteroatoms. The smallest absolute Gasteiger partial charge is 0.153 e. The average molecular weight is 252 g/mol. The first-order valence-electron chi connectivity index (χ1n) is 5.90. The van der Waals surface area contributed by atoms with Crippen LogP contribution in [0.15, 0.2) is 12.1 Å². The number of hydrogen-bond acceptors (Lipinski definition) is 3. The standard InChI is InChI=1S/C12H14F2N4/c1-18-3-2-15-10(6-18)12-16-9-5-7(13)4-8(14)11(9)17-12/h4-5,10,15H,2-3,6H2,1H3,(H,16,17). The van der Waals surface area contributed by atoms with E-state index in [9.17, 15) is 8.78 Å². The Balaban J connectivity index is 2.00. The lowest BCUT2D eigenvalue weighted by molar-refractivity contribution is 0.236. The average Bonchev–Trinajstić information content (AvgIpc) is 2.73. The van der Waals surface area contributed by atoms with Gasteiger partial charge in [-0.3, -0.25) is 0 Å². The van der Waals surface area contributed by atoms with E-state index >= 15 is 0 Å². The number of fused-ring (bicyclic) bond motifs is 1. The predicted octanol–water partition coefficient (Wildman–Crippen LogP) is 1.42. The highest BCUT2D eigenvalue weighted by Gasteiger charge is 2.22. The molecule has 96 valence electrons. The fourth-order valence-corrected chi connectivity index (χ4v) is 2.31. The van der Waals surface area contributed by atoms with Gasteiger partial charge in [-0.15, -0.1) is 0 Å². The van der Waals surface area contributed by atoms with Crippen LogP contribution in [0.25, 0.3) is 11.0 Å². The number of piperazine rings is 1. The monoisotopic (exact) mass is 252 g/mol. The molecule has 3 rings (SSSR count). The lowest BCUT2D eigenvalue weighted by Crippen LogP contribution is -2.44. The van der Waals surface area contributed by atoms with Crippen molar-refractivity contribution >= 4 is 11.0 Å². The van der Waals surface area contributed by atoms with Gasteiger partial charge in [-0.05, 0) is 13.1 Å². The summed E-state index contributed by atoms with van der Waals surface area (Å²) in [5, 5.41) is 3.31. The van der Waals surface area contributed by atoms with Crippen LogP contribution in [0.1, 0.15) is 11.9 Å². The van der Waals surface area contributed by atoms with Crippen molar-refractivity contribution in [2.75, 3.05) is 26.7 Å². The second-order valence-electron chi connectivity index (χ2n) is 4.67. The number of halogens is 2. The van der Waals surface area contributed by atoms with Crippen LogP contribution in [-0.2, 0) is 0 Å². The summed E-state index contributed by atoms with van der Waals surface area (Å²) in [6, 6.07) is 2.15. The maximum absolute atomic E-state index is 13.6. The van der Waals surface area contributed by atoms with Gasteiger partial charge in [0.25, 0.3) is 0 Å². The Kier molecular flexibility index (Phi) is 2.76.